The third-order valence-electron chi connectivity index (χ3n) is 6.26. The Bertz CT molecular complexity index is 375. The van der Waals surface area contributed by atoms with E-state index in [2.05, 4.69) is 13.8 Å². The Kier molecular flexibility index (Phi) is 24.1. The summed E-state index contributed by atoms with van der Waals surface area (Å²) in [5, 5.41) is 0. The fraction of sp³-hybridized carbons (Fsp3) is 0.929. The summed E-state index contributed by atoms with van der Waals surface area (Å²) in [4.78, 5) is 23.5. The molecule has 30 heavy (non-hydrogen) atoms. The van der Waals surface area contributed by atoms with Crippen LogP contribution in [0.4, 0.5) is 0 Å². The van der Waals surface area contributed by atoms with Crippen molar-refractivity contribution in [3.8, 4) is 0 Å². The van der Waals surface area contributed by atoms with Crippen LogP contribution < -0.4 is 0 Å². The monoisotopic (exact) mass is 422 g/mol. The maximum absolute atomic E-state index is 11.8. The van der Waals surface area contributed by atoms with E-state index in [-0.39, 0.29) is 18.0 Å². The zero-order chi connectivity index (χ0) is 22.1. The number of hydrogen-bond acceptors (Lipinski definition) is 2. The lowest BCUT2D eigenvalue weighted by molar-refractivity contribution is -0.127. The van der Waals surface area contributed by atoms with E-state index in [9.17, 15) is 9.59 Å². The van der Waals surface area contributed by atoms with Gasteiger partial charge >= 0.3 is 0 Å². The lowest BCUT2D eigenvalue weighted by Crippen LogP contribution is -2.07. The van der Waals surface area contributed by atoms with Crippen molar-refractivity contribution < 1.29 is 9.59 Å². The quantitative estimate of drug-likeness (QED) is 0.108. The molecule has 0 saturated heterocycles. The van der Waals surface area contributed by atoms with Crippen LogP contribution in [0.25, 0.3) is 0 Å². The van der Waals surface area contributed by atoms with Gasteiger partial charge in [-0.3, -0.25) is 9.59 Å². The van der Waals surface area contributed by atoms with E-state index in [1.807, 2.05) is 0 Å². The number of unbranched alkanes of at least 4 members (excludes halogenated alkanes) is 19. The van der Waals surface area contributed by atoms with Crippen LogP contribution in [0, 0.1) is 0 Å². The number of carbonyl (C=O) groups is 2. The normalized spacial score (nSPS) is 11.1. The molecule has 0 saturated carbocycles. The Hall–Kier alpha value is -0.660. The SMILES string of the molecule is CCCCCCCCCCCCCCCCCCCCC(=O)CC(=O)CCCCC. The van der Waals surface area contributed by atoms with Crippen molar-refractivity contribution in [3.63, 3.8) is 0 Å². The van der Waals surface area contributed by atoms with Gasteiger partial charge in [0, 0.05) is 12.8 Å². The Labute approximate surface area is 189 Å². The molecule has 0 heterocycles. The van der Waals surface area contributed by atoms with E-state index >= 15 is 0 Å². The number of Topliss-reactive ketones (excluding diaryl/α,β-unsaturated/α-hetero) is 2. The smallest absolute Gasteiger partial charge is 0.140 e. The number of carbonyl (C=O) groups excluding carboxylic acids is 2. The molecule has 0 aromatic heterocycles. The van der Waals surface area contributed by atoms with E-state index in [1.54, 1.807) is 0 Å². The average Bonchev–Trinajstić information content (AvgIpc) is 2.73. The molecular weight excluding hydrogens is 368 g/mol. The standard InChI is InChI=1S/C28H54O2/c1-3-5-7-8-9-10-11-12-13-14-15-16-17-18-19-20-21-23-25-28(30)26-27(29)24-22-6-4-2/h3-26H2,1-2H3. The van der Waals surface area contributed by atoms with Crippen LogP contribution in [-0.2, 0) is 9.59 Å². The Morgan fingerprint density at radius 2 is 0.600 bits per heavy atom. The lowest BCUT2D eigenvalue weighted by atomic mass is 10.0. The van der Waals surface area contributed by atoms with Crippen LogP contribution in [0.5, 0.6) is 0 Å². The summed E-state index contributed by atoms with van der Waals surface area (Å²) in [5.41, 5.74) is 0. The van der Waals surface area contributed by atoms with Gasteiger partial charge in [-0.25, -0.2) is 0 Å². The molecule has 2 nitrogen and oxygen atoms in total. The molecule has 0 aromatic carbocycles. The summed E-state index contributed by atoms with van der Waals surface area (Å²) >= 11 is 0. The van der Waals surface area contributed by atoms with Gasteiger partial charge in [0.1, 0.15) is 11.6 Å². The number of ketones is 2. The molecule has 0 amide bonds. The van der Waals surface area contributed by atoms with Gasteiger partial charge in [-0.05, 0) is 12.8 Å². The summed E-state index contributed by atoms with van der Waals surface area (Å²) < 4.78 is 0. The van der Waals surface area contributed by atoms with E-state index in [4.69, 9.17) is 0 Å². The predicted molar refractivity (Wildman–Crippen MR) is 132 cm³/mol. The van der Waals surface area contributed by atoms with Crippen LogP contribution in [0.15, 0.2) is 0 Å². The fourth-order valence-electron chi connectivity index (χ4n) is 4.19. The van der Waals surface area contributed by atoms with E-state index < -0.39 is 0 Å². The minimum absolute atomic E-state index is 0.149. The second-order valence-corrected chi connectivity index (χ2v) is 9.47. The molecule has 178 valence electrons. The van der Waals surface area contributed by atoms with Gasteiger partial charge < -0.3 is 0 Å². The van der Waals surface area contributed by atoms with Gasteiger partial charge in [0.25, 0.3) is 0 Å². The number of rotatable bonds is 25. The molecule has 0 aliphatic carbocycles. The van der Waals surface area contributed by atoms with E-state index in [0.29, 0.717) is 12.8 Å². The highest BCUT2D eigenvalue weighted by molar-refractivity contribution is 5.98. The first-order chi connectivity index (χ1) is 14.7. The first kappa shape index (κ1) is 29.3. The van der Waals surface area contributed by atoms with Crippen molar-refractivity contribution in [1.29, 1.82) is 0 Å². The lowest BCUT2D eigenvalue weighted by Gasteiger charge is -2.04. The van der Waals surface area contributed by atoms with Crippen LogP contribution in [0.1, 0.15) is 168 Å². The Morgan fingerprint density at radius 3 is 0.933 bits per heavy atom. The molecule has 0 N–H and O–H groups in total. The van der Waals surface area contributed by atoms with E-state index in [0.717, 1.165) is 32.1 Å². The third kappa shape index (κ3) is 23.6. The third-order valence-corrected chi connectivity index (χ3v) is 6.26. The highest BCUT2D eigenvalue weighted by atomic mass is 16.1. The zero-order valence-corrected chi connectivity index (χ0v) is 20.8. The van der Waals surface area contributed by atoms with Crippen molar-refractivity contribution in [3.05, 3.63) is 0 Å². The predicted octanol–water partition coefficient (Wildman–Crippen LogP) is 9.53. The molecule has 0 atom stereocenters. The van der Waals surface area contributed by atoms with Gasteiger partial charge in [0.15, 0.2) is 0 Å². The van der Waals surface area contributed by atoms with Crippen molar-refractivity contribution in [2.45, 2.75) is 168 Å². The summed E-state index contributed by atoms with van der Waals surface area (Å²) in [6.45, 7) is 4.42. The van der Waals surface area contributed by atoms with Gasteiger partial charge in [0.2, 0.25) is 0 Å². The molecule has 0 aliphatic rings. The second kappa shape index (κ2) is 24.6. The maximum Gasteiger partial charge on any atom is 0.140 e. The van der Waals surface area contributed by atoms with Crippen molar-refractivity contribution in [1.82, 2.24) is 0 Å². The van der Waals surface area contributed by atoms with Gasteiger partial charge in [0.05, 0.1) is 6.42 Å². The fourth-order valence-corrected chi connectivity index (χ4v) is 4.19. The Balaban J connectivity index is 3.19. The topological polar surface area (TPSA) is 34.1 Å². The van der Waals surface area contributed by atoms with Crippen molar-refractivity contribution in [2.75, 3.05) is 0 Å². The average molecular weight is 423 g/mol. The molecule has 0 aromatic rings. The molecule has 0 aliphatic heterocycles. The summed E-state index contributed by atoms with van der Waals surface area (Å²) in [7, 11) is 0. The summed E-state index contributed by atoms with van der Waals surface area (Å²) in [6, 6.07) is 0. The highest BCUT2D eigenvalue weighted by Gasteiger charge is 2.08. The first-order valence-corrected chi connectivity index (χ1v) is 13.7. The molecule has 0 fully saturated rings. The summed E-state index contributed by atoms with van der Waals surface area (Å²) in [6.07, 6.45) is 29.1. The number of hydrogen-bond donors (Lipinski definition) is 0. The van der Waals surface area contributed by atoms with Crippen LogP contribution >= 0.6 is 0 Å². The molecule has 0 radical (unpaired) electrons. The van der Waals surface area contributed by atoms with E-state index in [1.165, 1.54) is 103 Å². The zero-order valence-electron chi connectivity index (χ0n) is 20.8. The molecule has 0 unspecified atom stereocenters. The highest BCUT2D eigenvalue weighted by Crippen LogP contribution is 2.15. The minimum atomic E-state index is 0.149. The summed E-state index contributed by atoms with van der Waals surface area (Å²) in [5.74, 6) is 0.309. The second-order valence-electron chi connectivity index (χ2n) is 9.47. The largest absolute Gasteiger partial charge is 0.299 e. The van der Waals surface area contributed by atoms with Crippen LogP contribution in [0.3, 0.4) is 0 Å². The molecule has 2 heteroatoms. The molecule has 0 rings (SSSR count). The Morgan fingerprint density at radius 1 is 0.367 bits per heavy atom. The van der Waals surface area contributed by atoms with Crippen LogP contribution in [-0.4, -0.2) is 11.6 Å². The van der Waals surface area contributed by atoms with Gasteiger partial charge in [-0.1, -0.05) is 136 Å². The van der Waals surface area contributed by atoms with Crippen LogP contribution in [0.2, 0.25) is 0 Å². The minimum Gasteiger partial charge on any atom is -0.299 e. The van der Waals surface area contributed by atoms with Crippen molar-refractivity contribution >= 4 is 11.6 Å². The van der Waals surface area contributed by atoms with Gasteiger partial charge in [-0.2, -0.15) is 0 Å². The molecule has 0 bridgehead atoms. The maximum atomic E-state index is 11.8. The van der Waals surface area contributed by atoms with Crippen molar-refractivity contribution in [2.24, 2.45) is 0 Å². The molecular formula is C28H54O2. The molecule has 0 spiro atoms. The first-order valence-electron chi connectivity index (χ1n) is 13.7. The van der Waals surface area contributed by atoms with Gasteiger partial charge in [-0.15, -0.1) is 0 Å².